The number of nitrogens with zero attached hydrogens (tertiary/aromatic N) is 1. The summed E-state index contributed by atoms with van der Waals surface area (Å²) in [4.78, 5) is 2.71. The molecule has 1 saturated carbocycles. The van der Waals surface area contributed by atoms with Gasteiger partial charge in [0.05, 0.1) is 0 Å². The van der Waals surface area contributed by atoms with Gasteiger partial charge in [0.15, 0.2) is 0 Å². The van der Waals surface area contributed by atoms with Crippen molar-refractivity contribution in [1.82, 2.24) is 10.2 Å². The summed E-state index contributed by atoms with van der Waals surface area (Å²) in [6.07, 6.45) is 6.69. The molecule has 1 heterocycles. The lowest BCUT2D eigenvalue weighted by Crippen LogP contribution is -2.44. The number of nitrogens with one attached hydrogen (secondary N) is 1. The molecule has 3 rings (SSSR count). The van der Waals surface area contributed by atoms with Crippen LogP contribution in [0.2, 0.25) is 0 Å². The molecule has 1 aliphatic heterocycles. The molecule has 0 amide bonds. The van der Waals surface area contributed by atoms with Crippen molar-refractivity contribution in [3.05, 3.63) is 35.9 Å². The van der Waals surface area contributed by atoms with E-state index in [0.717, 1.165) is 6.04 Å². The molecule has 1 saturated heterocycles. The van der Waals surface area contributed by atoms with Crippen LogP contribution >= 0.6 is 0 Å². The molecule has 2 heteroatoms. The number of piperidine rings is 1. The van der Waals surface area contributed by atoms with Crippen LogP contribution in [0.3, 0.4) is 0 Å². The fourth-order valence-electron chi connectivity index (χ4n) is 3.73. The van der Waals surface area contributed by atoms with Crippen molar-refractivity contribution in [2.24, 2.45) is 5.41 Å². The summed E-state index contributed by atoms with van der Waals surface area (Å²) in [5.74, 6) is 0. The fourth-order valence-corrected chi connectivity index (χ4v) is 3.73. The Labute approximate surface area is 136 Å². The molecular formula is C20H32N2. The Morgan fingerprint density at radius 1 is 1.05 bits per heavy atom. The average Bonchev–Trinajstić information content (AvgIpc) is 3.32. The predicted molar refractivity (Wildman–Crippen MR) is 94.0 cm³/mol. The summed E-state index contributed by atoms with van der Waals surface area (Å²) in [7, 11) is 0. The van der Waals surface area contributed by atoms with Crippen LogP contribution in [0.25, 0.3) is 0 Å². The third kappa shape index (κ3) is 4.57. The summed E-state index contributed by atoms with van der Waals surface area (Å²) >= 11 is 0. The van der Waals surface area contributed by atoms with E-state index in [9.17, 15) is 0 Å². The van der Waals surface area contributed by atoms with Crippen LogP contribution in [0.5, 0.6) is 0 Å². The zero-order valence-corrected chi connectivity index (χ0v) is 14.5. The molecule has 2 fully saturated rings. The molecule has 0 radical (unpaired) electrons. The highest BCUT2D eigenvalue weighted by atomic mass is 15.2. The largest absolute Gasteiger partial charge is 0.307 e. The summed E-state index contributed by atoms with van der Waals surface area (Å²) in [5.41, 5.74) is 1.80. The molecule has 0 aromatic heterocycles. The van der Waals surface area contributed by atoms with Crippen molar-refractivity contribution in [2.75, 3.05) is 13.1 Å². The lowest BCUT2D eigenvalue weighted by atomic mass is 9.84. The van der Waals surface area contributed by atoms with Gasteiger partial charge in [-0.05, 0) is 56.2 Å². The standard InChI is InChI=1S/C20H32N2/c1-20(2,3)15-19(16-7-5-4-6-8-16)21-17-11-13-22(14-12-17)18-9-10-18/h4-8,17-19,21H,9-15H2,1-3H3. The van der Waals surface area contributed by atoms with E-state index in [1.54, 1.807) is 0 Å². The van der Waals surface area contributed by atoms with Gasteiger partial charge in [-0.15, -0.1) is 0 Å². The number of rotatable bonds is 5. The molecule has 1 unspecified atom stereocenters. The minimum absolute atomic E-state index is 0.349. The van der Waals surface area contributed by atoms with E-state index in [1.165, 1.54) is 50.8 Å². The first-order valence-corrected chi connectivity index (χ1v) is 9.06. The van der Waals surface area contributed by atoms with Crippen molar-refractivity contribution in [3.8, 4) is 0 Å². The highest BCUT2D eigenvalue weighted by molar-refractivity contribution is 5.19. The van der Waals surface area contributed by atoms with Gasteiger partial charge in [-0.1, -0.05) is 51.1 Å². The van der Waals surface area contributed by atoms with Gasteiger partial charge in [-0.25, -0.2) is 0 Å². The van der Waals surface area contributed by atoms with Crippen LogP contribution in [0.1, 0.15) is 64.5 Å². The molecule has 122 valence electrons. The Morgan fingerprint density at radius 3 is 2.23 bits per heavy atom. The number of benzene rings is 1. The molecule has 2 nitrogen and oxygen atoms in total. The Balaban J connectivity index is 1.60. The second kappa shape index (κ2) is 6.72. The van der Waals surface area contributed by atoms with E-state index in [0.29, 0.717) is 17.5 Å². The van der Waals surface area contributed by atoms with E-state index >= 15 is 0 Å². The van der Waals surface area contributed by atoms with Crippen molar-refractivity contribution < 1.29 is 0 Å². The van der Waals surface area contributed by atoms with Gasteiger partial charge in [0, 0.05) is 18.1 Å². The third-order valence-electron chi connectivity index (χ3n) is 5.05. The first-order chi connectivity index (χ1) is 10.5. The van der Waals surface area contributed by atoms with E-state index < -0.39 is 0 Å². The van der Waals surface area contributed by atoms with Gasteiger partial charge in [0.25, 0.3) is 0 Å². The normalized spacial score (nSPS) is 22.7. The molecule has 22 heavy (non-hydrogen) atoms. The number of likely N-dealkylation sites (tertiary alicyclic amines) is 1. The monoisotopic (exact) mass is 300 g/mol. The van der Waals surface area contributed by atoms with Crippen LogP contribution in [-0.2, 0) is 0 Å². The minimum atomic E-state index is 0.349. The maximum atomic E-state index is 3.98. The number of hydrogen-bond donors (Lipinski definition) is 1. The van der Waals surface area contributed by atoms with E-state index in [1.807, 2.05) is 0 Å². The summed E-state index contributed by atoms with van der Waals surface area (Å²) in [5, 5.41) is 3.98. The Bertz CT molecular complexity index is 450. The first-order valence-electron chi connectivity index (χ1n) is 9.06. The van der Waals surface area contributed by atoms with E-state index in [2.05, 4.69) is 61.3 Å². The highest BCUT2D eigenvalue weighted by Crippen LogP contribution is 2.32. The van der Waals surface area contributed by atoms with Gasteiger partial charge in [0.1, 0.15) is 0 Å². The van der Waals surface area contributed by atoms with Gasteiger partial charge < -0.3 is 10.2 Å². The Kier molecular flexibility index (Phi) is 4.89. The topological polar surface area (TPSA) is 15.3 Å². The van der Waals surface area contributed by atoms with Gasteiger partial charge in [-0.3, -0.25) is 0 Å². The zero-order valence-electron chi connectivity index (χ0n) is 14.5. The maximum absolute atomic E-state index is 3.98. The molecule has 0 spiro atoms. The van der Waals surface area contributed by atoms with Crippen LogP contribution in [0, 0.1) is 5.41 Å². The number of hydrogen-bond acceptors (Lipinski definition) is 2. The molecule has 1 atom stereocenters. The van der Waals surface area contributed by atoms with Gasteiger partial charge >= 0.3 is 0 Å². The second-order valence-corrected chi connectivity index (χ2v) is 8.44. The molecule has 2 aliphatic rings. The zero-order chi connectivity index (χ0) is 15.6. The van der Waals surface area contributed by atoms with Crippen LogP contribution in [-0.4, -0.2) is 30.1 Å². The fraction of sp³-hybridized carbons (Fsp3) is 0.700. The smallest absolute Gasteiger partial charge is 0.0327 e. The summed E-state index contributed by atoms with van der Waals surface area (Å²) in [6.45, 7) is 9.62. The highest BCUT2D eigenvalue weighted by Gasteiger charge is 2.32. The lowest BCUT2D eigenvalue weighted by molar-refractivity contribution is 0.175. The summed E-state index contributed by atoms with van der Waals surface area (Å²) < 4.78 is 0. The molecule has 1 aromatic carbocycles. The molecule has 1 N–H and O–H groups in total. The molecule has 1 aromatic rings. The maximum Gasteiger partial charge on any atom is 0.0327 e. The van der Waals surface area contributed by atoms with Crippen molar-refractivity contribution in [1.29, 1.82) is 0 Å². The van der Waals surface area contributed by atoms with Gasteiger partial charge in [0.2, 0.25) is 0 Å². The predicted octanol–water partition coefficient (Wildman–Crippen LogP) is 4.38. The molecule has 1 aliphatic carbocycles. The van der Waals surface area contributed by atoms with Gasteiger partial charge in [-0.2, -0.15) is 0 Å². The summed E-state index contributed by atoms with van der Waals surface area (Å²) in [6, 6.07) is 13.1. The average molecular weight is 300 g/mol. The van der Waals surface area contributed by atoms with Crippen LogP contribution in [0.4, 0.5) is 0 Å². The Hall–Kier alpha value is -0.860. The molecule has 0 bridgehead atoms. The van der Waals surface area contributed by atoms with Crippen molar-refractivity contribution in [2.45, 2.75) is 71.0 Å². The SMILES string of the molecule is CC(C)(C)CC(NC1CCN(C2CC2)CC1)c1ccccc1. The quantitative estimate of drug-likeness (QED) is 0.868. The third-order valence-corrected chi connectivity index (χ3v) is 5.05. The van der Waals surface area contributed by atoms with Crippen LogP contribution < -0.4 is 5.32 Å². The van der Waals surface area contributed by atoms with E-state index in [-0.39, 0.29) is 0 Å². The van der Waals surface area contributed by atoms with Crippen LogP contribution in [0.15, 0.2) is 30.3 Å². The van der Waals surface area contributed by atoms with E-state index in [4.69, 9.17) is 0 Å². The lowest BCUT2D eigenvalue weighted by Gasteiger charge is -2.36. The Morgan fingerprint density at radius 2 is 1.68 bits per heavy atom. The van der Waals surface area contributed by atoms with Crippen molar-refractivity contribution in [3.63, 3.8) is 0 Å². The second-order valence-electron chi connectivity index (χ2n) is 8.44. The van der Waals surface area contributed by atoms with Crippen molar-refractivity contribution >= 4 is 0 Å². The molecular weight excluding hydrogens is 268 g/mol. The minimum Gasteiger partial charge on any atom is -0.307 e. The first kappa shape index (κ1) is 16.0.